The van der Waals surface area contributed by atoms with E-state index in [4.69, 9.17) is 9.84 Å². The third kappa shape index (κ3) is 5.68. The number of rotatable bonds is 5. The van der Waals surface area contributed by atoms with Crippen LogP contribution in [0, 0.1) is 5.92 Å². The Balaban J connectivity index is 0.00000256. The van der Waals surface area contributed by atoms with Gasteiger partial charge in [0.15, 0.2) is 0 Å². The van der Waals surface area contributed by atoms with Gasteiger partial charge in [0, 0.05) is 25.7 Å². The lowest BCUT2D eigenvalue weighted by molar-refractivity contribution is -0.135. The Morgan fingerprint density at radius 1 is 1.59 bits per heavy atom. The summed E-state index contributed by atoms with van der Waals surface area (Å²) in [5.74, 6) is 0.229. The highest BCUT2D eigenvalue weighted by Gasteiger charge is 2.24. The van der Waals surface area contributed by atoms with Gasteiger partial charge in [0.05, 0.1) is 6.61 Å². The van der Waals surface area contributed by atoms with E-state index in [1.54, 1.807) is 0 Å². The number of ether oxygens (including phenoxy) is 1. The van der Waals surface area contributed by atoms with E-state index in [2.05, 4.69) is 10.6 Å². The summed E-state index contributed by atoms with van der Waals surface area (Å²) in [6.07, 6.45) is 0.192. The largest absolute Gasteiger partial charge is 0.396 e. The van der Waals surface area contributed by atoms with Crippen LogP contribution in [0.1, 0.15) is 20.3 Å². The van der Waals surface area contributed by atoms with Crippen LogP contribution in [0.25, 0.3) is 0 Å². The fourth-order valence-electron chi connectivity index (χ4n) is 1.72. The van der Waals surface area contributed by atoms with Crippen LogP contribution in [0.2, 0.25) is 0 Å². The quantitative estimate of drug-likeness (QED) is 0.651. The smallest absolute Gasteiger partial charge is 0.250 e. The monoisotopic (exact) mass is 266 g/mol. The van der Waals surface area contributed by atoms with Gasteiger partial charge >= 0.3 is 0 Å². The van der Waals surface area contributed by atoms with Crippen molar-refractivity contribution in [2.45, 2.75) is 32.4 Å². The van der Waals surface area contributed by atoms with Crippen LogP contribution in [0.5, 0.6) is 0 Å². The molecule has 1 aliphatic heterocycles. The molecule has 2 unspecified atom stereocenters. The average molecular weight is 267 g/mol. The molecule has 0 aromatic heterocycles. The summed E-state index contributed by atoms with van der Waals surface area (Å²) in [5, 5.41) is 15.0. The van der Waals surface area contributed by atoms with Crippen molar-refractivity contribution in [2.75, 3.05) is 26.3 Å². The molecule has 1 amide bonds. The van der Waals surface area contributed by atoms with Crippen LogP contribution in [0.4, 0.5) is 0 Å². The first-order valence-corrected chi connectivity index (χ1v) is 5.88. The van der Waals surface area contributed by atoms with E-state index in [9.17, 15) is 4.79 Å². The third-order valence-corrected chi connectivity index (χ3v) is 2.79. The lowest BCUT2D eigenvalue weighted by atomic mass is 10.0. The second-order valence-electron chi connectivity index (χ2n) is 4.43. The third-order valence-electron chi connectivity index (χ3n) is 2.79. The molecule has 0 aromatic rings. The number of morpholine rings is 1. The number of aliphatic hydroxyl groups is 1. The van der Waals surface area contributed by atoms with Gasteiger partial charge in [-0.15, -0.1) is 12.4 Å². The minimum atomic E-state index is -0.395. The fourth-order valence-corrected chi connectivity index (χ4v) is 1.72. The van der Waals surface area contributed by atoms with Crippen LogP contribution in [0.15, 0.2) is 0 Å². The van der Waals surface area contributed by atoms with Gasteiger partial charge in [0.25, 0.3) is 5.91 Å². The van der Waals surface area contributed by atoms with Crippen LogP contribution in [-0.2, 0) is 9.53 Å². The first-order valence-electron chi connectivity index (χ1n) is 5.88. The Morgan fingerprint density at radius 3 is 2.76 bits per heavy atom. The Kier molecular flexibility index (Phi) is 8.51. The SMILES string of the molecule is CC(C)C(CCO)NC(=O)C1CNCCO1.Cl. The molecule has 5 nitrogen and oxygen atoms in total. The van der Waals surface area contributed by atoms with Crippen molar-refractivity contribution in [1.82, 2.24) is 10.6 Å². The van der Waals surface area contributed by atoms with E-state index in [1.807, 2.05) is 13.8 Å². The maximum absolute atomic E-state index is 11.8. The summed E-state index contributed by atoms with van der Waals surface area (Å²) >= 11 is 0. The van der Waals surface area contributed by atoms with Gasteiger partial charge in [0.1, 0.15) is 6.10 Å². The second kappa shape index (κ2) is 8.69. The predicted molar refractivity (Wildman–Crippen MR) is 68.3 cm³/mol. The fraction of sp³-hybridized carbons (Fsp3) is 0.909. The van der Waals surface area contributed by atoms with Gasteiger partial charge in [-0.1, -0.05) is 13.8 Å². The maximum atomic E-state index is 11.8. The van der Waals surface area contributed by atoms with E-state index in [0.29, 0.717) is 25.5 Å². The van der Waals surface area contributed by atoms with Crippen molar-refractivity contribution in [1.29, 1.82) is 0 Å². The lowest BCUT2D eigenvalue weighted by Crippen LogP contribution is -2.51. The molecule has 0 spiro atoms. The molecular weight excluding hydrogens is 244 g/mol. The first kappa shape index (κ1) is 16.6. The van der Waals surface area contributed by atoms with Crippen LogP contribution < -0.4 is 10.6 Å². The number of hydrogen-bond acceptors (Lipinski definition) is 4. The Bertz CT molecular complexity index is 221. The summed E-state index contributed by atoms with van der Waals surface area (Å²) < 4.78 is 5.36. The zero-order valence-electron chi connectivity index (χ0n) is 10.4. The molecule has 1 aliphatic rings. The molecule has 0 saturated carbocycles. The minimum absolute atomic E-state index is 0. The summed E-state index contributed by atoms with van der Waals surface area (Å²) in [7, 11) is 0. The standard InChI is InChI=1S/C11H22N2O3.ClH/c1-8(2)9(3-5-14)13-11(15)10-7-12-4-6-16-10;/h8-10,12,14H,3-7H2,1-2H3,(H,13,15);1H. The molecule has 1 rings (SSSR count). The molecule has 1 saturated heterocycles. The van der Waals surface area contributed by atoms with Gasteiger partial charge in [-0.25, -0.2) is 0 Å². The average Bonchev–Trinajstić information content (AvgIpc) is 2.29. The molecule has 17 heavy (non-hydrogen) atoms. The van der Waals surface area contributed by atoms with Crippen molar-refractivity contribution in [3.05, 3.63) is 0 Å². The first-order chi connectivity index (χ1) is 7.65. The molecular formula is C11H23ClN2O3. The molecule has 2 atom stereocenters. The van der Waals surface area contributed by atoms with Crippen molar-refractivity contribution in [3.8, 4) is 0 Å². The second-order valence-corrected chi connectivity index (χ2v) is 4.43. The lowest BCUT2D eigenvalue weighted by Gasteiger charge is -2.27. The Morgan fingerprint density at radius 2 is 2.29 bits per heavy atom. The van der Waals surface area contributed by atoms with Gasteiger partial charge in [-0.2, -0.15) is 0 Å². The normalized spacial score (nSPS) is 21.8. The van der Waals surface area contributed by atoms with Crippen LogP contribution in [0.3, 0.4) is 0 Å². The van der Waals surface area contributed by atoms with E-state index >= 15 is 0 Å². The van der Waals surface area contributed by atoms with Gasteiger partial charge in [-0.3, -0.25) is 4.79 Å². The highest BCUT2D eigenvalue weighted by molar-refractivity contribution is 5.85. The number of amides is 1. The van der Waals surface area contributed by atoms with E-state index in [0.717, 1.165) is 6.54 Å². The van der Waals surface area contributed by atoms with E-state index in [1.165, 1.54) is 0 Å². The van der Waals surface area contributed by atoms with E-state index in [-0.39, 0.29) is 31.0 Å². The van der Waals surface area contributed by atoms with Crippen LogP contribution >= 0.6 is 12.4 Å². The molecule has 3 N–H and O–H groups in total. The number of aliphatic hydroxyl groups excluding tert-OH is 1. The summed E-state index contributed by atoms with van der Waals surface area (Å²) in [4.78, 5) is 11.8. The highest BCUT2D eigenvalue weighted by atomic mass is 35.5. The molecule has 102 valence electrons. The molecule has 0 bridgehead atoms. The highest BCUT2D eigenvalue weighted by Crippen LogP contribution is 2.07. The molecule has 0 aliphatic carbocycles. The van der Waals surface area contributed by atoms with Crippen molar-refractivity contribution in [2.24, 2.45) is 5.92 Å². The van der Waals surface area contributed by atoms with Gasteiger partial charge in [0.2, 0.25) is 0 Å². The van der Waals surface area contributed by atoms with Crippen molar-refractivity contribution < 1.29 is 14.6 Å². The van der Waals surface area contributed by atoms with Crippen molar-refractivity contribution in [3.63, 3.8) is 0 Å². The summed E-state index contributed by atoms with van der Waals surface area (Å²) in [6, 6.07) is 0.0167. The summed E-state index contributed by atoms with van der Waals surface area (Å²) in [6.45, 7) is 6.09. The number of carbonyl (C=O) groups excluding carboxylic acids is 1. The van der Waals surface area contributed by atoms with Crippen molar-refractivity contribution >= 4 is 18.3 Å². The Hall–Kier alpha value is -0.360. The molecule has 1 fully saturated rings. The minimum Gasteiger partial charge on any atom is -0.396 e. The van der Waals surface area contributed by atoms with Gasteiger partial charge in [-0.05, 0) is 12.3 Å². The van der Waals surface area contributed by atoms with Gasteiger partial charge < -0.3 is 20.5 Å². The topological polar surface area (TPSA) is 70.6 Å². The van der Waals surface area contributed by atoms with E-state index < -0.39 is 6.10 Å². The maximum Gasteiger partial charge on any atom is 0.250 e. The Labute approximate surface area is 109 Å². The molecule has 1 heterocycles. The zero-order chi connectivity index (χ0) is 12.0. The summed E-state index contributed by atoms with van der Waals surface area (Å²) in [5.41, 5.74) is 0. The number of halogens is 1. The number of carbonyl (C=O) groups is 1. The predicted octanol–water partition coefficient (Wildman–Crippen LogP) is -0.0802. The van der Waals surface area contributed by atoms with Crippen LogP contribution in [-0.4, -0.2) is 49.5 Å². The number of nitrogens with one attached hydrogen (secondary N) is 2. The molecule has 0 aromatic carbocycles. The molecule has 6 heteroatoms. The molecule has 0 radical (unpaired) electrons. The number of hydrogen-bond donors (Lipinski definition) is 3. The zero-order valence-corrected chi connectivity index (χ0v) is 11.3.